The Balaban J connectivity index is 4.98. The average Bonchev–Trinajstić information content (AvgIpc) is 3.22. The van der Waals surface area contributed by atoms with Gasteiger partial charge in [0.2, 0.25) is 0 Å². The van der Waals surface area contributed by atoms with Crippen molar-refractivity contribution in [3.63, 3.8) is 0 Å². The maximum atomic E-state index is 11.3. The van der Waals surface area contributed by atoms with Crippen molar-refractivity contribution in [1.29, 1.82) is 0 Å². The van der Waals surface area contributed by atoms with Gasteiger partial charge in [-0.1, -0.05) is 13.2 Å². The fourth-order valence-electron chi connectivity index (χ4n) is 4.96. The number of carbonyl (C=O) groups excluding carboxylic acids is 2. The normalized spacial score (nSPS) is 15.3. The summed E-state index contributed by atoms with van der Waals surface area (Å²) in [6.45, 7) is 6.21. The molecule has 22 nitrogen and oxygen atoms in total. The fraction of sp³-hybridized carbons (Fsp3) is 0.842. The fourth-order valence-corrected chi connectivity index (χ4v) is 4.96. The molecule has 0 aromatic rings. The topological polar surface area (TPSA) is 306 Å². The maximum Gasteiger partial charge on any atom is 0.330 e. The highest BCUT2D eigenvalue weighted by Gasteiger charge is 2.19. The second-order valence-corrected chi connectivity index (χ2v) is 13.5. The second kappa shape index (κ2) is 39.5. The lowest BCUT2D eigenvalue weighted by Crippen LogP contribution is -2.39. The van der Waals surface area contributed by atoms with Crippen molar-refractivity contribution in [2.24, 2.45) is 0 Å². The van der Waals surface area contributed by atoms with E-state index in [2.05, 4.69) is 13.2 Å². The predicted octanol–water partition coefficient (Wildman–Crippen LogP) is -4.93. The molecule has 22 heteroatoms. The van der Waals surface area contributed by atoms with E-state index < -0.39 is 54.7 Å². The van der Waals surface area contributed by atoms with Crippen molar-refractivity contribution in [3.8, 4) is 0 Å². The third kappa shape index (κ3) is 34.3. The van der Waals surface area contributed by atoms with E-state index in [9.17, 15) is 45.3 Å². The van der Waals surface area contributed by atoms with Gasteiger partial charge in [-0.05, 0) is 6.42 Å². The summed E-state index contributed by atoms with van der Waals surface area (Å²) in [5, 5.41) is 88.1. The van der Waals surface area contributed by atoms with E-state index in [1.807, 2.05) is 0 Å². The van der Waals surface area contributed by atoms with Gasteiger partial charge in [0.25, 0.3) is 0 Å². The molecular weight excluding hydrogens is 804 g/mol. The average molecular weight is 877 g/mol. The summed E-state index contributed by atoms with van der Waals surface area (Å²) in [4.78, 5) is 26.0. The molecule has 0 aliphatic rings. The van der Waals surface area contributed by atoms with E-state index in [0.29, 0.717) is 19.5 Å². The molecule has 60 heavy (non-hydrogen) atoms. The third-order valence-corrected chi connectivity index (χ3v) is 7.85. The van der Waals surface area contributed by atoms with Crippen LogP contribution in [0, 0.1) is 0 Å². The van der Waals surface area contributed by atoms with Gasteiger partial charge < -0.3 is 88.6 Å². The van der Waals surface area contributed by atoms with Crippen LogP contribution in [0.5, 0.6) is 0 Å². The van der Waals surface area contributed by atoms with Gasteiger partial charge in [-0.2, -0.15) is 0 Å². The van der Waals surface area contributed by atoms with Crippen LogP contribution in [0.3, 0.4) is 0 Å². The first kappa shape index (κ1) is 57.7. The van der Waals surface area contributed by atoms with Crippen LogP contribution in [0.2, 0.25) is 0 Å². The molecule has 0 aromatic carbocycles. The summed E-state index contributed by atoms with van der Waals surface area (Å²) in [7, 11) is 0. The van der Waals surface area contributed by atoms with Gasteiger partial charge in [-0.3, -0.25) is 9.80 Å². The van der Waals surface area contributed by atoms with E-state index in [-0.39, 0.29) is 145 Å². The number of carbonyl (C=O) groups is 2. The highest BCUT2D eigenvalue weighted by Crippen LogP contribution is 2.04. The van der Waals surface area contributed by atoms with Gasteiger partial charge >= 0.3 is 11.9 Å². The molecule has 0 fully saturated rings. The first-order chi connectivity index (χ1) is 28.9. The smallest absolute Gasteiger partial charge is 0.330 e. The molecule has 0 aliphatic carbocycles. The maximum absolute atomic E-state index is 11.3. The Morgan fingerprint density at radius 3 is 1.13 bits per heavy atom. The number of ether oxygens (including phenoxy) is 9. The zero-order valence-electron chi connectivity index (χ0n) is 34.7. The third-order valence-electron chi connectivity index (χ3n) is 7.85. The zero-order chi connectivity index (χ0) is 44.8. The molecule has 0 heterocycles. The number of nitrogens with zero attached hydrogens (tertiary/aromatic N) is 2. The number of hydrogen-bond acceptors (Lipinski definition) is 22. The lowest BCUT2D eigenvalue weighted by atomic mass is 10.3. The van der Waals surface area contributed by atoms with Crippen molar-refractivity contribution in [1.82, 2.24) is 9.80 Å². The molecule has 9 N–H and O–H groups in total. The Bertz CT molecular complexity index is 1040. The van der Waals surface area contributed by atoms with Crippen LogP contribution in [0.4, 0.5) is 0 Å². The summed E-state index contributed by atoms with van der Waals surface area (Å²) in [5.74, 6) is -1.43. The zero-order valence-corrected chi connectivity index (χ0v) is 34.7. The van der Waals surface area contributed by atoms with Crippen LogP contribution in [0.1, 0.15) is 6.42 Å². The summed E-state index contributed by atoms with van der Waals surface area (Å²) in [6, 6.07) is 0. The highest BCUT2D eigenvalue weighted by molar-refractivity contribution is 5.81. The Labute approximate surface area is 352 Å². The van der Waals surface area contributed by atoms with Crippen LogP contribution >= 0.6 is 0 Å². The molecule has 0 saturated carbocycles. The minimum absolute atomic E-state index is 0.0267. The predicted molar refractivity (Wildman–Crippen MR) is 212 cm³/mol. The standard InChI is InChI=1S/C38H72N2O20/c1-3-37(50)59-24-33(48)22-57-35(26-53-15-5-14-52-18-30(45)16-39(6-10-41)7-11-42)27-55-20-32(47)21-56-29-36(58-23-34(49)25-60-38(51)4-2)28-54-19-31(46)17-40(8-12-43)9-13-44/h3-4,30-36,41-49H,1-2,5-29H2. The Hall–Kier alpha value is -2.30. The van der Waals surface area contributed by atoms with Crippen molar-refractivity contribution < 1.29 is 98.2 Å². The lowest BCUT2D eigenvalue weighted by molar-refractivity contribution is -0.144. The molecule has 354 valence electrons. The molecule has 0 spiro atoms. The summed E-state index contributed by atoms with van der Waals surface area (Å²) in [5.41, 5.74) is 0. The molecule has 0 amide bonds. The quantitative estimate of drug-likeness (QED) is 0.0157. The molecule has 7 unspecified atom stereocenters. The summed E-state index contributed by atoms with van der Waals surface area (Å²) >= 11 is 0. The molecule has 0 aliphatic heterocycles. The minimum Gasteiger partial charge on any atom is -0.460 e. The Morgan fingerprint density at radius 2 is 0.767 bits per heavy atom. The molecule has 0 rings (SSSR count). The van der Waals surface area contributed by atoms with Crippen molar-refractivity contribution in [3.05, 3.63) is 25.3 Å². The van der Waals surface area contributed by atoms with Gasteiger partial charge in [0.05, 0.1) is 105 Å². The lowest BCUT2D eigenvalue weighted by Gasteiger charge is -2.24. The van der Waals surface area contributed by atoms with Gasteiger partial charge in [0.15, 0.2) is 0 Å². The second-order valence-electron chi connectivity index (χ2n) is 13.5. The Morgan fingerprint density at radius 1 is 0.450 bits per heavy atom. The van der Waals surface area contributed by atoms with Crippen LogP contribution < -0.4 is 0 Å². The monoisotopic (exact) mass is 876 g/mol. The van der Waals surface area contributed by atoms with E-state index in [4.69, 9.17) is 52.8 Å². The van der Waals surface area contributed by atoms with Crippen molar-refractivity contribution >= 4 is 11.9 Å². The van der Waals surface area contributed by atoms with Crippen LogP contribution in [0.15, 0.2) is 25.3 Å². The SMILES string of the molecule is C=CC(=O)OCC(O)COC(COCCCOCC(O)CN(CCO)CCO)COCC(O)COCC(COCC(O)CN(CCO)CCO)OCC(O)COC(=O)C=C. The largest absolute Gasteiger partial charge is 0.460 e. The van der Waals surface area contributed by atoms with Gasteiger partial charge in [-0.25, -0.2) is 9.59 Å². The summed E-state index contributed by atoms with van der Waals surface area (Å²) in [6.07, 6.45) is -4.33. The molecule has 0 saturated heterocycles. The van der Waals surface area contributed by atoms with E-state index in [1.54, 1.807) is 9.80 Å². The van der Waals surface area contributed by atoms with E-state index in [0.717, 1.165) is 12.2 Å². The number of esters is 2. The molecule has 0 radical (unpaired) electrons. The van der Waals surface area contributed by atoms with Gasteiger partial charge in [0, 0.05) is 64.6 Å². The van der Waals surface area contributed by atoms with Gasteiger partial charge in [0.1, 0.15) is 43.7 Å². The van der Waals surface area contributed by atoms with Crippen LogP contribution in [-0.4, -0.2) is 269 Å². The first-order valence-electron chi connectivity index (χ1n) is 19.9. The number of aliphatic hydroxyl groups excluding tert-OH is 9. The number of aliphatic hydroxyl groups is 9. The molecule has 7 atom stereocenters. The minimum atomic E-state index is -1.18. The highest BCUT2D eigenvalue weighted by atomic mass is 16.6. The number of hydrogen-bond donors (Lipinski definition) is 9. The Kier molecular flexibility index (Phi) is 38.0. The molecule has 0 aromatic heterocycles. The van der Waals surface area contributed by atoms with Crippen molar-refractivity contribution in [2.75, 3.05) is 158 Å². The summed E-state index contributed by atoms with van der Waals surface area (Å²) < 4.78 is 49.1. The van der Waals surface area contributed by atoms with Gasteiger partial charge in [-0.15, -0.1) is 0 Å². The molecular formula is C38H72N2O20. The number of rotatable bonds is 44. The van der Waals surface area contributed by atoms with Crippen molar-refractivity contribution in [2.45, 2.75) is 49.1 Å². The van der Waals surface area contributed by atoms with E-state index in [1.165, 1.54) is 0 Å². The first-order valence-corrected chi connectivity index (χ1v) is 19.9. The van der Waals surface area contributed by atoms with E-state index >= 15 is 0 Å². The van der Waals surface area contributed by atoms with Crippen LogP contribution in [-0.2, 0) is 52.2 Å². The molecule has 0 bridgehead atoms. The van der Waals surface area contributed by atoms with Crippen LogP contribution in [0.25, 0.3) is 0 Å².